The van der Waals surface area contributed by atoms with E-state index in [2.05, 4.69) is 23.4 Å². The molecule has 3 nitrogen and oxygen atoms in total. The van der Waals surface area contributed by atoms with Gasteiger partial charge in [-0.25, -0.2) is 0 Å². The molecule has 1 aromatic rings. The van der Waals surface area contributed by atoms with Crippen LogP contribution in [0.4, 0.5) is 0 Å². The number of hydrazine groups is 1. The molecule has 15 heavy (non-hydrogen) atoms. The van der Waals surface area contributed by atoms with Gasteiger partial charge in [0.05, 0.1) is 0 Å². The van der Waals surface area contributed by atoms with Crippen LogP contribution in [0.3, 0.4) is 0 Å². The standard InChI is InChI=1S/C12H21N3/c1-2-3-6-12(15-13)9-8-11-7-4-5-10-14-11/h4-5,7,10,12,15H,2-3,6,8-9,13H2,1H3. The summed E-state index contributed by atoms with van der Waals surface area (Å²) in [5.74, 6) is 5.51. The van der Waals surface area contributed by atoms with E-state index in [9.17, 15) is 0 Å². The van der Waals surface area contributed by atoms with Gasteiger partial charge in [0, 0.05) is 17.9 Å². The lowest BCUT2D eigenvalue weighted by Crippen LogP contribution is -2.35. The molecule has 1 unspecified atom stereocenters. The van der Waals surface area contributed by atoms with Crippen molar-refractivity contribution in [3.05, 3.63) is 30.1 Å². The number of rotatable bonds is 7. The van der Waals surface area contributed by atoms with E-state index in [-0.39, 0.29) is 0 Å². The van der Waals surface area contributed by atoms with Crippen molar-refractivity contribution in [3.8, 4) is 0 Å². The highest BCUT2D eigenvalue weighted by Crippen LogP contribution is 2.07. The van der Waals surface area contributed by atoms with E-state index in [0.29, 0.717) is 6.04 Å². The normalized spacial score (nSPS) is 12.7. The van der Waals surface area contributed by atoms with Crippen molar-refractivity contribution < 1.29 is 0 Å². The molecule has 1 heterocycles. The van der Waals surface area contributed by atoms with Crippen molar-refractivity contribution >= 4 is 0 Å². The molecule has 0 aromatic carbocycles. The molecular formula is C12H21N3. The van der Waals surface area contributed by atoms with Gasteiger partial charge in [-0.2, -0.15) is 0 Å². The molecule has 0 aliphatic rings. The van der Waals surface area contributed by atoms with Crippen LogP contribution in [0.1, 0.15) is 38.3 Å². The van der Waals surface area contributed by atoms with Crippen LogP contribution in [0.15, 0.2) is 24.4 Å². The fourth-order valence-corrected chi connectivity index (χ4v) is 1.63. The number of nitrogens with one attached hydrogen (secondary N) is 1. The van der Waals surface area contributed by atoms with Crippen LogP contribution in [0, 0.1) is 0 Å². The summed E-state index contributed by atoms with van der Waals surface area (Å²) in [5.41, 5.74) is 4.03. The van der Waals surface area contributed by atoms with Gasteiger partial charge in [0.1, 0.15) is 0 Å². The highest BCUT2D eigenvalue weighted by atomic mass is 15.2. The van der Waals surface area contributed by atoms with Crippen molar-refractivity contribution in [3.63, 3.8) is 0 Å². The van der Waals surface area contributed by atoms with Gasteiger partial charge in [0.2, 0.25) is 0 Å². The first-order valence-electron chi connectivity index (χ1n) is 5.72. The van der Waals surface area contributed by atoms with E-state index < -0.39 is 0 Å². The number of hydrogen-bond donors (Lipinski definition) is 2. The van der Waals surface area contributed by atoms with Gasteiger partial charge < -0.3 is 0 Å². The quantitative estimate of drug-likeness (QED) is 0.531. The van der Waals surface area contributed by atoms with Gasteiger partial charge >= 0.3 is 0 Å². The second-order valence-corrected chi connectivity index (χ2v) is 3.87. The Bertz CT molecular complexity index is 248. The largest absolute Gasteiger partial charge is 0.271 e. The third-order valence-electron chi connectivity index (χ3n) is 2.62. The Labute approximate surface area is 92.1 Å². The summed E-state index contributed by atoms with van der Waals surface area (Å²) in [5, 5.41) is 0. The molecule has 1 aromatic heterocycles. The molecule has 3 heteroatoms. The van der Waals surface area contributed by atoms with Crippen LogP contribution >= 0.6 is 0 Å². The predicted molar refractivity (Wildman–Crippen MR) is 63.2 cm³/mol. The second kappa shape index (κ2) is 7.37. The second-order valence-electron chi connectivity index (χ2n) is 3.87. The lowest BCUT2D eigenvalue weighted by molar-refractivity contribution is 0.447. The smallest absolute Gasteiger partial charge is 0.0404 e. The summed E-state index contributed by atoms with van der Waals surface area (Å²) < 4.78 is 0. The Morgan fingerprint density at radius 1 is 1.40 bits per heavy atom. The maximum absolute atomic E-state index is 5.51. The molecule has 0 radical (unpaired) electrons. The van der Waals surface area contributed by atoms with Crippen LogP contribution in [-0.4, -0.2) is 11.0 Å². The summed E-state index contributed by atoms with van der Waals surface area (Å²) in [4.78, 5) is 4.30. The minimum Gasteiger partial charge on any atom is -0.271 e. The minimum atomic E-state index is 0.423. The molecule has 0 aliphatic heterocycles. The average Bonchev–Trinajstić information content (AvgIpc) is 2.31. The maximum Gasteiger partial charge on any atom is 0.0404 e. The van der Waals surface area contributed by atoms with Crippen LogP contribution in [0.25, 0.3) is 0 Å². The number of nitrogens with zero attached hydrogens (tertiary/aromatic N) is 1. The van der Waals surface area contributed by atoms with Gasteiger partial charge in [-0.3, -0.25) is 16.3 Å². The highest BCUT2D eigenvalue weighted by Gasteiger charge is 2.06. The molecule has 1 atom stereocenters. The van der Waals surface area contributed by atoms with Crippen molar-refractivity contribution in [2.75, 3.05) is 0 Å². The van der Waals surface area contributed by atoms with Crippen LogP contribution < -0.4 is 11.3 Å². The van der Waals surface area contributed by atoms with Crippen molar-refractivity contribution in [1.29, 1.82) is 0 Å². The van der Waals surface area contributed by atoms with Crippen LogP contribution in [-0.2, 0) is 6.42 Å². The van der Waals surface area contributed by atoms with E-state index in [1.807, 2.05) is 18.3 Å². The topological polar surface area (TPSA) is 50.9 Å². The van der Waals surface area contributed by atoms with E-state index in [0.717, 1.165) is 25.0 Å². The zero-order valence-electron chi connectivity index (χ0n) is 9.45. The molecule has 0 fully saturated rings. The molecule has 0 amide bonds. The zero-order chi connectivity index (χ0) is 10.9. The Kier molecular flexibility index (Phi) is 5.97. The van der Waals surface area contributed by atoms with Crippen molar-refractivity contribution in [2.24, 2.45) is 5.84 Å². The predicted octanol–water partition coefficient (Wildman–Crippen LogP) is 2.04. The fraction of sp³-hybridized carbons (Fsp3) is 0.583. The Morgan fingerprint density at radius 2 is 2.27 bits per heavy atom. The molecule has 0 saturated heterocycles. The summed E-state index contributed by atoms with van der Waals surface area (Å²) >= 11 is 0. The number of unbranched alkanes of at least 4 members (excludes halogenated alkanes) is 1. The lowest BCUT2D eigenvalue weighted by Gasteiger charge is -2.14. The number of hydrogen-bond acceptors (Lipinski definition) is 3. The van der Waals surface area contributed by atoms with Crippen LogP contribution in [0.5, 0.6) is 0 Å². The van der Waals surface area contributed by atoms with E-state index in [4.69, 9.17) is 5.84 Å². The molecule has 0 aliphatic carbocycles. The molecule has 3 N–H and O–H groups in total. The lowest BCUT2D eigenvalue weighted by atomic mass is 10.0. The first kappa shape index (κ1) is 12.1. The Morgan fingerprint density at radius 3 is 2.87 bits per heavy atom. The first-order valence-corrected chi connectivity index (χ1v) is 5.72. The monoisotopic (exact) mass is 207 g/mol. The summed E-state index contributed by atoms with van der Waals surface area (Å²) in [7, 11) is 0. The van der Waals surface area contributed by atoms with Gasteiger partial charge in [-0.15, -0.1) is 0 Å². The van der Waals surface area contributed by atoms with Gasteiger partial charge in [-0.05, 0) is 31.4 Å². The third-order valence-corrected chi connectivity index (χ3v) is 2.62. The molecule has 0 spiro atoms. The van der Waals surface area contributed by atoms with Crippen molar-refractivity contribution in [2.45, 2.75) is 45.1 Å². The number of aromatic nitrogens is 1. The first-order chi connectivity index (χ1) is 7.36. The van der Waals surface area contributed by atoms with Gasteiger partial charge in [0.15, 0.2) is 0 Å². The Hall–Kier alpha value is -0.930. The molecule has 1 rings (SSSR count). The van der Waals surface area contributed by atoms with E-state index >= 15 is 0 Å². The molecule has 0 bridgehead atoms. The third kappa shape index (κ3) is 4.91. The van der Waals surface area contributed by atoms with Crippen molar-refractivity contribution in [1.82, 2.24) is 10.4 Å². The number of nitrogens with two attached hydrogens (primary N) is 1. The van der Waals surface area contributed by atoms with Gasteiger partial charge in [0.25, 0.3) is 0 Å². The maximum atomic E-state index is 5.51. The summed E-state index contributed by atoms with van der Waals surface area (Å²) in [6, 6.07) is 6.46. The highest BCUT2D eigenvalue weighted by molar-refractivity contribution is 5.03. The minimum absolute atomic E-state index is 0.423. The average molecular weight is 207 g/mol. The SMILES string of the molecule is CCCCC(CCc1ccccn1)NN. The zero-order valence-corrected chi connectivity index (χ0v) is 9.45. The van der Waals surface area contributed by atoms with E-state index in [1.54, 1.807) is 0 Å². The molecule has 84 valence electrons. The molecular weight excluding hydrogens is 186 g/mol. The Balaban J connectivity index is 2.28. The fourth-order valence-electron chi connectivity index (χ4n) is 1.63. The number of pyridine rings is 1. The summed E-state index contributed by atoms with van der Waals surface area (Å²) in [6.45, 7) is 2.20. The summed E-state index contributed by atoms with van der Waals surface area (Å²) in [6.07, 6.45) is 7.51. The van der Waals surface area contributed by atoms with Gasteiger partial charge in [-0.1, -0.05) is 25.8 Å². The molecule has 0 saturated carbocycles. The number of aryl methyl sites for hydroxylation is 1. The van der Waals surface area contributed by atoms with E-state index in [1.165, 1.54) is 12.8 Å². The van der Waals surface area contributed by atoms with Crippen LogP contribution in [0.2, 0.25) is 0 Å².